The smallest absolute Gasteiger partial charge is 0.261 e. The molecule has 2 aromatic rings. The molecule has 2 amide bonds. The summed E-state index contributed by atoms with van der Waals surface area (Å²) in [7, 11) is 0. The zero-order valence-electron chi connectivity index (χ0n) is 16.6. The Bertz CT molecular complexity index is 796. The van der Waals surface area contributed by atoms with Gasteiger partial charge in [-0.1, -0.05) is 46.3 Å². The summed E-state index contributed by atoms with van der Waals surface area (Å²) >= 11 is 3.45. The second kappa shape index (κ2) is 10.9. The number of rotatable bonds is 9. The van der Waals surface area contributed by atoms with Crippen LogP contribution in [0.4, 0.5) is 0 Å². The number of halogens is 1. The Hall–Kier alpha value is -2.34. The normalized spacial score (nSPS) is 11.6. The van der Waals surface area contributed by atoms with Crippen molar-refractivity contribution in [3.05, 3.63) is 64.1 Å². The molecule has 28 heavy (non-hydrogen) atoms. The van der Waals surface area contributed by atoms with Crippen molar-refractivity contribution in [3.63, 3.8) is 0 Å². The maximum atomic E-state index is 12.9. The molecule has 5 nitrogen and oxygen atoms in total. The second-order valence-corrected chi connectivity index (χ2v) is 7.45. The van der Waals surface area contributed by atoms with Crippen molar-refractivity contribution in [1.82, 2.24) is 10.2 Å². The minimum atomic E-state index is -0.564. The van der Waals surface area contributed by atoms with Crippen molar-refractivity contribution in [2.24, 2.45) is 0 Å². The van der Waals surface area contributed by atoms with Crippen LogP contribution in [0.15, 0.2) is 53.0 Å². The van der Waals surface area contributed by atoms with Gasteiger partial charge in [-0.3, -0.25) is 9.59 Å². The SMILES string of the molecule is CCNC(=O)[C@@H](C)N(CCc1ccccc1)C(=O)COc1ccc(Br)c(C)c1. The molecule has 0 saturated carbocycles. The minimum Gasteiger partial charge on any atom is -0.484 e. The summed E-state index contributed by atoms with van der Waals surface area (Å²) in [5.41, 5.74) is 2.15. The number of nitrogens with zero attached hydrogens (tertiary/aromatic N) is 1. The number of ether oxygens (including phenoxy) is 1. The molecule has 0 aliphatic carbocycles. The number of hydrogen-bond acceptors (Lipinski definition) is 3. The van der Waals surface area contributed by atoms with Crippen LogP contribution >= 0.6 is 15.9 Å². The van der Waals surface area contributed by atoms with Gasteiger partial charge in [0.05, 0.1) is 0 Å². The van der Waals surface area contributed by atoms with Gasteiger partial charge < -0.3 is 15.0 Å². The van der Waals surface area contributed by atoms with Gasteiger partial charge in [0.25, 0.3) is 5.91 Å². The highest BCUT2D eigenvalue weighted by atomic mass is 79.9. The van der Waals surface area contributed by atoms with E-state index in [1.54, 1.807) is 11.8 Å². The molecule has 6 heteroatoms. The minimum absolute atomic E-state index is 0.112. The van der Waals surface area contributed by atoms with E-state index in [4.69, 9.17) is 4.74 Å². The van der Waals surface area contributed by atoms with E-state index in [0.29, 0.717) is 25.3 Å². The Labute approximate surface area is 175 Å². The molecule has 0 saturated heterocycles. The van der Waals surface area contributed by atoms with E-state index >= 15 is 0 Å². The standard InChI is InChI=1S/C22H27BrN2O3/c1-4-24-22(27)17(3)25(13-12-18-8-6-5-7-9-18)21(26)15-28-19-10-11-20(23)16(2)14-19/h5-11,14,17H,4,12-13,15H2,1-3H3,(H,24,27)/t17-/m1/s1. The number of nitrogens with one attached hydrogen (secondary N) is 1. The molecule has 1 atom stereocenters. The van der Waals surface area contributed by atoms with E-state index in [1.807, 2.05) is 62.4 Å². The maximum Gasteiger partial charge on any atom is 0.261 e. The van der Waals surface area contributed by atoms with Crippen LogP contribution in [-0.2, 0) is 16.0 Å². The zero-order valence-corrected chi connectivity index (χ0v) is 18.2. The van der Waals surface area contributed by atoms with E-state index in [1.165, 1.54) is 0 Å². The quantitative estimate of drug-likeness (QED) is 0.638. The molecular weight excluding hydrogens is 420 g/mol. The van der Waals surface area contributed by atoms with Gasteiger partial charge in [0.2, 0.25) is 5.91 Å². The van der Waals surface area contributed by atoms with E-state index in [2.05, 4.69) is 21.2 Å². The highest BCUT2D eigenvalue weighted by molar-refractivity contribution is 9.10. The monoisotopic (exact) mass is 446 g/mol. The molecule has 0 aliphatic rings. The van der Waals surface area contributed by atoms with Crippen molar-refractivity contribution in [2.75, 3.05) is 19.7 Å². The van der Waals surface area contributed by atoms with Gasteiger partial charge in [-0.25, -0.2) is 0 Å². The van der Waals surface area contributed by atoms with Gasteiger partial charge in [-0.15, -0.1) is 0 Å². The summed E-state index contributed by atoms with van der Waals surface area (Å²) in [6, 6.07) is 14.9. The molecule has 0 spiro atoms. The Balaban J connectivity index is 2.06. The first-order valence-electron chi connectivity index (χ1n) is 9.42. The molecule has 2 aromatic carbocycles. The third kappa shape index (κ3) is 6.37. The van der Waals surface area contributed by atoms with Crippen molar-refractivity contribution < 1.29 is 14.3 Å². The lowest BCUT2D eigenvalue weighted by Crippen LogP contribution is -2.50. The summed E-state index contributed by atoms with van der Waals surface area (Å²) < 4.78 is 6.67. The fourth-order valence-corrected chi connectivity index (χ4v) is 3.07. The van der Waals surface area contributed by atoms with Gasteiger partial charge in [0, 0.05) is 17.6 Å². The first-order chi connectivity index (χ1) is 13.4. The maximum absolute atomic E-state index is 12.9. The van der Waals surface area contributed by atoms with Gasteiger partial charge in [-0.05, 0) is 56.5 Å². The number of aryl methyl sites for hydroxylation is 1. The third-order valence-corrected chi connectivity index (χ3v) is 5.38. The summed E-state index contributed by atoms with van der Waals surface area (Å²) in [6.07, 6.45) is 0.674. The van der Waals surface area contributed by atoms with Gasteiger partial charge in [0.1, 0.15) is 11.8 Å². The molecule has 1 N–H and O–H groups in total. The molecule has 0 fully saturated rings. The highest BCUT2D eigenvalue weighted by Gasteiger charge is 2.25. The average molecular weight is 447 g/mol. The lowest BCUT2D eigenvalue weighted by molar-refractivity contribution is -0.141. The van der Waals surface area contributed by atoms with Crippen LogP contribution in [0.2, 0.25) is 0 Å². The number of carbonyl (C=O) groups excluding carboxylic acids is 2. The van der Waals surface area contributed by atoms with Crippen molar-refractivity contribution >= 4 is 27.7 Å². The molecular formula is C22H27BrN2O3. The fraction of sp³-hybridized carbons (Fsp3) is 0.364. The molecule has 0 aliphatic heterocycles. The molecule has 0 unspecified atom stereocenters. The molecule has 0 radical (unpaired) electrons. The molecule has 150 valence electrons. The van der Waals surface area contributed by atoms with Gasteiger partial charge >= 0.3 is 0 Å². The number of benzene rings is 2. The Morgan fingerprint density at radius 1 is 1.18 bits per heavy atom. The lowest BCUT2D eigenvalue weighted by Gasteiger charge is -2.28. The number of likely N-dealkylation sites (N-methyl/N-ethyl adjacent to an activating group) is 1. The lowest BCUT2D eigenvalue weighted by atomic mass is 10.1. The highest BCUT2D eigenvalue weighted by Crippen LogP contribution is 2.21. The molecule has 2 rings (SSSR count). The van der Waals surface area contributed by atoms with Crippen LogP contribution in [0.5, 0.6) is 5.75 Å². The summed E-state index contributed by atoms with van der Waals surface area (Å²) in [5.74, 6) is 0.251. The van der Waals surface area contributed by atoms with Crippen molar-refractivity contribution in [1.29, 1.82) is 0 Å². The fourth-order valence-electron chi connectivity index (χ4n) is 2.83. The van der Waals surface area contributed by atoms with Crippen molar-refractivity contribution in [3.8, 4) is 5.75 Å². The van der Waals surface area contributed by atoms with Crippen LogP contribution in [0.25, 0.3) is 0 Å². The predicted octanol–water partition coefficient (Wildman–Crippen LogP) is 3.73. The summed E-state index contributed by atoms with van der Waals surface area (Å²) in [5, 5.41) is 2.79. The third-order valence-electron chi connectivity index (χ3n) is 4.49. The van der Waals surface area contributed by atoms with E-state index in [-0.39, 0.29) is 18.4 Å². The van der Waals surface area contributed by atoms with Crippen LogP contribution in [0.1, 0.15) is 25.0 Å². The first kappa shape index (κ1) is 22.0. The predicted molar refractivity (Wildman–Crippen MR) is 114 cm³/mol. The number of carbonyl (C=O) groups is 2. The summed E-state index contributed by atoms with van der Waals surface area (Å²) in [6.45, 7) is 6.43. The van der Waals surface area contributed by atoms with Gasteiger partial charge in [0.15, 0.2) is 6.61 Å². The van der Waals surface area contributed by atoms with Crippen LogP contribution < -0.4 is 10.1 Å². The van der Waals surface area contributed by atoms with Crippen LogP contribution in [0, 0.1) is 6.92 Å². The van der Waals surface area contributed by atoms with E-state index in [9.17, 15) is 9.59 Å². The molecule has 0 aromatic heterocycles. The number of amides is 2. The average Bonchev–Trinajstić information content (AvgIpc) is 2.69. The van der Waals surface area contributed by atoms with Crippen molar-refractivity contribution in [2.45, 2.75) is 33.2 Å². The summed E-state index contributed by atoms with van der Waals surface area (Å²) in [4.78, 5) is 26.7. The van der Waals surface area contributed by atoms with E-state index < -0.39 is 6.04 Å². The van der Waals surface area contributed by atoms with E-state index in [0.717, 1.165) is 15.6 Å². The van der Waals surface area contributed by atoms with Crippen LogP contribution in [0.3, 0.4) is 0 Å². The Kier molecular flexibility index (Phi) is 8.51. The topological polar surface area (TPSA) is 58.6 Å². The molecule has 0 bridgehead atoms. The Morgan fingerprint density at radius 3 is 2.54 bits per heavy atom. The zero-order chi connectivity index (χ0) is 20.5. The van der Waals surface area contributed by atoms with Crippen LogP contribution in [-0.4, -0.2) is 42.5 Å². The largest absolute Gasteiger partial charge is 0.484 e. The second-order valence-electron chi connectivity index (χ2n) is 6.59. The Morgan fingerprint density at radius 2 is 1.89 bits per heavy atom. The molecule has 0 heterocycles. The first-order valence-corrected chi connectivity index (χ1v) is 10.2. The van der Waals surface area contributed by atoms with Gasteiger partial charge in [-0.2, -0.15) is 0 Å². The number of hydrogen-bond donors (Lipinski definition) is 1.